The number of piperazine rings is 2. The fourth-order valence-corrected chi connectivity index (χ4v) is 19.0. The van der Waals surface area contributed by atoms with Crippen molar-refractivity contribution in [3.05, 3.63) is 213 Å². The highest BCUT2D eigenvalue weighted by atomic mass is 32.2. The second-order valence-corrected chi connectivity index (χ2v) is 37.2. The normalized spacial score (nSPS) is 20.3. The maximum absolute atomic E-state index is 13.2. The SMILES string of the molecule is CCN1CCN(c2n[nH]c3cc(C#C[C@]4(CN5Cc6ccc(OC)cc6C5=O)NC(=O)NC4=O)ccc23)CC1.CCN1CCN(c2n[nH]c3ccc(C#C[C@]4(CN5Cc6ccc(OC)cc6C5=O)NC(=O)NC4=O)cc23)CC1.COc1ccc2c(c1)C(=O)N(C[C@@]1(C#Cc3ccc4[nH]nc(N)c4c3)NC(=O)NC1=O)C2.COc1ccc2c(c1)C(=O)N(C[C@@]1(C#Cc3cncc(NS(C)(=O)=O)c3)CC(=O)NC1=O)C2. The van der Waals surface area contributed by atoms with Crippen LogP contribution in [0.3, 0.4) is 0 Å². The van der Waals surface area contributed by atoms with Crippen molar-refractivity contribution in [2.24, 2.45) is 5.41 Å². The third kappa shape index (κ3) is 19.7. The number of nitrogen functional groups attached to an aromatic ring is 1. The number of nitrogens with one attached hydrogen (secondary N) is 11. The molecule has 11 aromatic rings. The molecule has 0 aliphatic carbocycles. The molecule has 6 saturated heterocycles. The third-order valence-electron chi connectivity index (χ3n) is 26.2. The molecule has 730 valence electrons. The van der Waals surface area contributed by atoms with E-state index in [1.54, 1.807) is 72.8 Å². The molecule has 0 radical (unpaired) electrons. The lowest BCUT2D eigenvalue weighted by molar-refractivity contribution is -0.127. The van der Waals surface area contributed by atoms with E-state index in [-0.39, 0.29) is 68.5 Å². The number of benzene rings is 7. The first kappa shape index (κ1) is 95.7. The fraction of sp³-hybridized carbons (Fsp3) is 0.300. The number of sulfonamides is 1. The summed E-state index contributed by atoms with van der Waals surface area (Å²) in [5, 5.41) is 41.7. The van der Waals surface area contributed by atoms with E-state index >= 15 is 0 Å². The Labute approximate surface area is 817 Å². The van der Waals surface area contributed by atoms with Gasteiger partial charge in [-0.25, -0.2) is 22.8 Å². The van der Waals surface area contributed by atoms with Crippen LogP contribution >= 0.6 is 0 Å². The van der Waals surface area contributed by atoms with Gasteiger partial charge in [-0.05, 0) is 145 Å². The molecule has 43 heteroatoms. The van der Waals surface area contributed by atoms with Gasteiger partial charge < -0.3 is 79.8 Å². The summed E-state index contributed by atoms with van der Waals surface area (Å²) in [4.78, 5) is 171. The van der Waals surface area contributed by atoms with Gasteiger partial charge in [0.05, 0.1) is 89.2 Å². The van der Waals surface area contributed by atoms with Gasteiger partial charge in [-0.15, -0.1) is 0 Å². The van der Waals surface area contributed by atoms with Gasteiger partial charge in [0.1, 0.15) is 28.4 Å². The molecule has 13 N–H and O–H groups in total. The summed E-state index contributed by atoms with van der Waals surface area (Å²) in [7, 11) is 2.60. The summed E-state index contributed by atoms with van der Waals surface area (Å²) >= 11 is 0. The number of carbonyl (C=O) groups is 12. The number of pyridine rings is 1. The number of methoxy groups -OCH3 is 4. The lowest BCUT2D eigenvalue weighted by Crippen LogP contribution is -2.54. The molecule has 143 heavy (non-hydrogen) atoms. The number of H-pyrrole nitrogens is 3. The number of aromatic amines is 3. The minimum atomic E-state index is -3.51. The molecule has 15 amide bonds. The third-order valence-corrected chi connectivity index (χ3v) is 26.8. The summed E-state index contributed by atoms with van der Waals surface area (Å²) in [6.07, 6.45) is 3.54. The summed E-state index contributed by atoms with van der Waals surface area (Å²) in [6, 6.07) is 37.2. The maximum atomic E-state index is 13.2. The van der Waals surface area contributed by atoms with Gasteiger partial charge in [-0.3, -0.25) is 89.4 Å². The lowest BCUT2D eigenvalue weighted by atomic mass is 9.85. The number of amides is 15. The highest BCUT2D eigenvalue weighted by Gasteiger charge is 2.53. The molecular formula is C100H96N24O18S. The van der Waals surface area contributed by atoms with Crippen LogP contribution in [0.4, 0.5) is 37.5 Å². The number of nitrogens with two attached hydrogens (primary N) is 1. The van der Waals surface area contributed by atoms with Crippen LogP contribution in [0.2, 0.25) is 0 Å². The van der Waals surface area contributed by atoms with Crippen LogP contribution in [0.1, 0.15) is 106 Å². The number of nitrogens with zero attached hydrogens (tertiary/aromatic N) is 12. The predicted molar refractivity (Wildman–Crippen MR) is 521 cm³/mol. The molecule has 4 atom stereocenters. The number of likely N-dealkylation sites (N-methyl/N-ethyl adjacent to an activating group) is 2. The average Bonchev–Trinajstić information content (AvgIpc) is 1.62. The molecule has 0 saturated carbocycles. The molecule has 6 fully saturated rings. The Bertz CT molecular complexity index is 7560. The number of urea groups is 3. The first-order valence-electron chi connectivity index (χ1n) is 45.5. The maximum Gasteiger partial charge on any atom is 0.323 e. The van der Waals surface area contributed by atoms with Gasteiger partial charge in [0, 0.05) is 152 Å². The molecule has 0 bridgehead atoms. The first-order valence-corrected chi connectivity index (χ1v) is 47.4. The number of fused-ring (bicyclic) bond motifs is 7. The van der Waals surface area contributed by atoms with E-state index in [4.69, 9.17) is 24.7 Å². The van der Waals surface area contributed by atoms with Crippen LogP contribution in [0.15, 0.2) is 146 Å². The molecule has 7 aromatic carbocycles. The van der Waals surface area contributed by atoms with Crippen LogP contribution in [-0.2, 0) is 60.2 Å². The number of aromatic nitrogens is 7. The fourth-order valence-electron chi connectivity index (χ4n) is 18.5. The lowest BCUT2D eigenvalue weighted by Gasteiger charge is -2.34. The van der Waals surface area contributed by atoms with Gasteiger partial charge in [0.25, 0.3) is 41.4 Å². The largest absolute Gasteiger partial charge is 0.497 e. The van der Waals surface area contributed by atoms with Crippen LogP contribution in [-0.4, -0.2) is 288 Å². The van der Waals surface area contributed by atoms with E-state index < -0.39 is 79.7 Å². The van der Waals surface area contributed by atoms with Crippen molar-refractivity contribution >= 4 is 137 Å². The smallest absolute Gasteiger partial charge is 0.323 e. The summed E-state index contributed by atoms with van der Waals surface area (Å²) in [5.41, 5.74) is 9.86. The van der Waals surface area contributed by atoms with E-state index in [1.807, 2.05) is 54.6 Å². The standard InChI is InChI=1S/2C28H29N7O4.C22H18N6O4.C22H20N4O6S/c1-3-33-10-12-34(13-11-33)24-22-14-18(4-7-23(22)31-32-24)8-9-28(26(37)29-27(38)30-28)17-35-16-19-5-6-20(39-2)15-21(19)25(35)36;1-3-33-10-12-34(13-11-33)24-21-7-4-18(14-23(21)31-32-24)8-9-28(26(37)29-27(38)30-28)17-35-16-19-5-6-20(39-2)15-22(19)25(35)36;1-32-14-4-3-13-10-28(19(29)15(13)9-14)11-22(20(30)24-21(31)25-22)7-6-12-2-5-17-16(8-12)18(23)27-26-17;1-32-17-4-3-15-12-26(20(28)18(15)8-17)13-22(9-19(27)24-21(22)29)6-5-14-7-16(11-23-10-14)25-33(2,30)31/h2*4-7,14-15H,3,10-13,16-17H2,1-2H3,(H,31,32)(H2,29,30,37,38);2-5,8-9H,10-11H2,1H3,(H3,23,26,27)(H2,24,25,30,31);3-4,7-8,10-11,25H,9,12-13H2,1-2H3,(H,24,27,29)/t2*28-;2*22-/m1111/s1. The van der Waals surface area contributed by atoms with Crippen LogP contribution in [0.5, 0.6) is 23.0 Å². The number of carbonyl (C=O) groups excluding carboxylic acids is 12. The highest BCUT2D eigenvalue weighted by Crippen LogP contribution is 2.38. The van der Waals surface area contributed by atoms with Crippen molar-refractivity contribution in [3.63, 3.8) is 0 Å². The number of anilines is 4. The Morgan fingerprint density at radius 3 is 1.17 bits per heavy atom. The Hall–Kier alpha value is -17.6. The van der Waals surface area contributed by atoms with Crippen molar-refractivity contribution in [2.75, 3.05) is 147 Å². The molecule has 14 heterocycles. The summed E-state index contributed by atoms with van der Waals surface area (Å²) in [6.45, 7) is 14.8. The minimum Gasteiger partial charge on any atom is -0.497 e. The molecule has 10 aliphatic heterocycles. The van der Waals surface area contributed by atoms with Crippen molar-refractivity contribution in [2.45, 2.75) is 63.1 Å². The van der Waals surface area contributed by atoms with Crippen LogP contribution in [0, 0.1) is 52.8 Å². The average molecular weight is 1950 g/mol. The quantitative estimate of drug-likeness (QED) is 0.0330. The van der Waals surface area contributed by atoms with Crippen molar-refractivity contribution < 1.29 is 84.9 Å². The van der Waals surface area contributed by atoms with E-state index in [2.05, 4.69) is 158 Å². The van der Waals surface area contributed by atoms with Crippen LogP contribution < -0.4 is 76.4 Å². The molecule has 21 rings (SSSR count). The van der Waals surface area contributed by atoms with E-state index in [0.29, 0.717) is 98.3 Å². The molecule has 0 spiro atoms. The van der Waals surface area contributed by atoms with Gasteiger partial charge >= 0.3 is 18.1 Å². The molecule has 10 aliphatic rings. The van der Waals surface area contributed by atoms with Crippen molar-refractivity contribution in [1.29, 1.82) is 0 Å². The number of rotatable bonds is 18. The van der Waals surface area contributed by atoms with E-state index in [9.17, 15) is 66.0 Å². The monoisotopic (exact) mass is 1950 g/mol. The van der Waals surface area contributed by atoms with Crippen molar-refractivity contribution in [3.8, 4) is 70.4 Å². The van der Waals surface area contributed by atoms with Crippen LogP contribution in [0.25, 0.3) is 32.7 Å². The Morgan fingerprint density at radius 1 is 0.399 bits per heavy atom. The zero-order valence-electron chi connectivity index (χ0n) is 78.5. The Kier molecular flexibility index (Phi) is 26.1. The van der Waals surface area contributed by atoms with Gasteiger partial charge in [0.2, 0.25) is 38.5 Å². The van der Waals surface area contributed by atoms with Crippen molar-refractivity contribution in [1.82, 2.24) is 102 Å². The minimum absolute atomic E-state index is 0.0812. The second-order valence-electron chi connectivity index (χ2n) is 35.5. The number of imide groups is 4. The predicted octanol–water partition coefficient (Wildman–Crippen LogP) is 3.84. The molecule has 0 unspecified atom stereocenters. The van der Waals surface area contributed by atoms with Gasteiger partial charge in [0.15, 0.2) is 17.5 Å². The molecular weight excluding hydrogens is 1860 g/mol. The number of hydrogen-bond donors (Lipinski definition) is 12. The molecule has 4 aromatic heterocycles. The number of ether oxygens (including phenoxy) is 4. The topological polar surface area (TPSA) is 523 Å². The zero-order chi connectivity index (χ0) is 101. The molecule has 42 nitrogen and oxygen atoms in total. The number of hydrogen-bond acceptors (Lipinski definition) is 27. The van der Waals surface area contributed by atoms with Gasteiger partial charge in [-0.2, -0.15) is 15.3 Å². The van der Waals surface area contributed by atoms with Gasteiger partial charge in [-0.1, -0.05) is 85.5 Å². The summed E-state index contributed by atoms with van der Waals surface area (Å²) in [5.74, 6) is 24.1. The van der Waals surface area contributed by atoms with E-state index in [0.717, 1.165) is 133 Å². The van der Waals surface area contributed by atoms with E-state index in [1.165, 1.54) is 66.5 Å². The first-order chi connectivity index (χ1) is 68.7. The Balaban J connectivity index is 0.000000126. The second kappa shape index (κ2) is 39.0. The summed E-state index contributed by atoms with van der Waals surface area (Å²) < 4.78 is 46.1. The highest BCUT2D eigenvalue weighted by molar-refractivity contribution is 7.92. The Morgan fingerprint density at radius 2 is 0.776 bits per heavy atom. The zero-order valence-corrected chi connectivity index (χ0v) is 79.3.